The summed E-state index contributed by atoms with van der Waals surface area (Å²) in [5.41, 5.74) is 2.54. The first-order chi connectivity index (χ1) is 22.6. The molecule has 2 fully saturated rings. The molecule has 0 radical (unpaired) electrons. The molecule has 2 aromatic rings. The van der Waals surface area contributed by atoms with Crippen LogP contribution in [0.1, 0.15) is 106 Å². The SMILES string of the molecule is CN1C(C)(C)CC(NCC(O)COc2ccc(C(C)(C)c3ccc(OCC(O)CNC4CC(C)(C)N(C)C(C)(C)C4)cc3)cc2)CC1(C)C. The van der Waals surface area contributed by atoms with Gasteiger partial charge in [0.15, 0.2) is 0 Å². The number of aliphatic hydroxyl groups is 2. The molecular weight excluding hydrogens is 612 g/mol. The summed E-state index contributed by atoms with van der Waals surface area (Å²) in [6, 6.07) is 17.1. The van der Waals surface area contributed by atoms with Gasteiger partial charge in [-0.1, -0.05) is 38.1 Å². The van der Waals surface area contributed by atoms with Gasteiger partial charge >= 0.3 is 0 Å². The van der Waals surface area contributed by atoms with Gasteiger partial charge in [0.05, 0.1) is 0 Å². The Kier molecular flexibility index (Phi) is 12.3. The molecule has 2 heterocycles. The first-order valence-electron chi connectivity index (χ1n) is 18.4. The lowest BCUT2D eigenvalue weighted by Gasteiger charge is -2.54. The molecule has 2 aliphatic heterocycles. The van der Waals surface area contributed by atoms with Gasteiger partial charge in [0, 0.05) is 52.7 Å². The summed E-state index contributed by atoms with van der Waals surface area (Å²) in [4.78, 5) is 4.94. The third-order valence-corrected chi connectivity index (χ3v) is 11.9. The van der Waals surface area contributed by atoms with Crippen molar-refractivity contribution in [2.45, 2.75) is 147 Å². The first-order valence-corrected chi connectivity index (χ1v) is 18.4. The summed E-state index contributed by atoms with van der Waals surface area (Å²) < 4.78 is 11.9. The van der Waals surface area contributed by atoms with Crippen molar-refractivity contribution in [3.63, 3.8) is 0 Å². The van der Waals surface area contributed by atoms with E-state index in [0.717, 1.165) is 37.2 Å². The Bertz CT molecular complexity index is 1200. The van der Waals surface area contributed by atoms with E-state index in [9.17, 15) is 10.2 Å². The minimum Gasteiger partial charge on any atom is -0.491 e. The summed E-state index contributed by atoms with van der Waals surface area (Å²) in [6.07, 6.45) is 3.02. The number of hydrogen-bond donors (Lipinski definition) is 4. The van der Waals surface area contributed by atoms with Crippen LogP contribution < -0.4 is 20.1 Å². The van der Waals surface area contributed by atoms with Crippen LogP contribution in [0, 0.1) is 0 Å². The van der Waals surface area contributed by atoms with Crippen LogP contribution in [0.3, 0.4) is 0 Å². The summed E-state index contributed by atoms with van der Waals surface area (Å²) in [7, 11) is 4.42. The number of hydrogen-bond acceptors (Lipinski definition) is 8. The number of ether oxygens (including phenoxy) is 2. The van der Waals surface area contributed by atoms with Crippen molar-refractivity contribution in [3.8, 4) is 11.5 Å². The minimum absolute atomic E-state index is 0.107. The normalized spacial score (nSPS) is 22.8. The number of likely N-dealkylation sites (tertiary alicyclic amines) is 2. The van der Waals surface area contributed by atoms with E-state index in [2.05, 4.69) is 128 Å². The van der Waals surface area contributed by atoms with Gasteiger partial charge in [-0.25, -0.2) is 0 Å². The van der Waals surface area contributed by atoms with Crippen LogP contribution >= 0.6 is 0 Å². The number of aliphatic hydroxyl groups excluding tert-OH is 2. The topological polar surface area (TPSA) is 89.5 Å². The van der Waals surface area contributed by atoms with E-state index in [1.165, 1.54) is 11.1 Å². The lowest BCUT2D eigenvalue weighted by atomic mass is 9.77. The zero-order valence-electron chi connectivity index (χ0n) is 32.7. The molecule has 0 aliphatic carbocycles. The third-order valence-electron chi connectivity index (χ3n) is 11.9. The fourth-order valence-electron chi connectivity index (χ4n) is 8.24. The molecule has 0 spiro atoms. The maximum Gasteiger partial charge on any atom is 0.119 e. The fourth-order valence-corrected chi connectivity index (χ4v) is 8.24. The predicted molar refractivity (Wildman–Crippen MR) is 202 cm³/mol. The quantitative estimate of drug-likeness (QED) is 0.194. The zero-order valence-corrected chi connectivity index (χ0v) is 32.7. The number of benzene rings is 2. The van der Waals surface area contributed by atoms with Gasteiger partial charge in [0.2, 0.25) is 0 Å². The van der Waals surface area contributed by atoms with Gasteiger partial charge in [0.25, 0.3) is 0 Å². The summed E-state index contributed by atoms with van der Waals surface area (Å²) >= 11 is 0. The van der Waals surface area contributed by atoms with Crippen LogP contribution in [0.4, 0.5) is 0 Å². The van der Waals surface area contributed by atoms with Crippen molar-refractivity contribution in [2.24, 2.45) is 0 Å². The molecule has 2 atom stereocenters. The summed E-state index contributed by atoms with van der Waals surface area (Å²) in [5.74, 6) is 1.50. The Labute approximate surface area is 297 Å². The first kappa shape index (κ1) is 39.6. The van der Waals surface area contributed by atoms with Gasteiger partial charge in [-0.2, -0.15) is 0 Å². The van der Waals surface area contributed by atoms with Crippen molar-refractivity contribution >= 4 is 0 Å². The highest BCUT2D eigenvalue weighted by Crippen LogP contribution is 2.38. The van der Waals surface area contributed by atoms with Crippen molar-refractivity contribution < 1.29 is 19.7 Å². The molecule has 276 valence electrons. The number of nitrogens with zero attached hydrogens (tertiary/aromatic N) is 2. The lowest BCUT2D eigenvalue weighted by molar-refractivity contribution is -0.0210. The lowest BCUT2D eigenvalue weighted by Crippen LogP contribution is -2.62. The number of piperidine rings is 2. The number of nitrogens with one attached hydrogen (secondary N) is 2. The van der Waals surface area contributed by atoms with Crippen LogP contribution in [0.2, 0.25) is 0 Å². The number of rotatable bonds is 14. The average Bonchev–Trinajstić information content (AvgIpc) is 3.02. The van der Waals surface area contributed by atoms with E-state index in [1.807, 2.05) is 24.3 Å². The van der Waals surface area contributed by atoms with Crippen LogP contribution in [-0.4, -0.2) is 107 Å². The molecule has 8 nitrogen and oxygen atoms in total. The van der Waals surface area contributed by atoms with Gasteiger partial charge in [-0.05, 0) is 131 Å². The Hall–Kier alpha value is -2.20. The predicted octanol–water partition coefficient (Wildman–Crippen LogP) is 5.97. The highest BCUT2D eigenvalue weighted by molar-refractivity contribution is 5.41. The standard InChI is InChI=1S/C41H68N4O4/c1-37(2)21-31(22-38(3,4)44(37)11)42-25-33(46)27-48-35-17-13-29(14-18-35)41(9,10)30-15-19-36(20-16-30)49-28-34(47)26-43-32-23-39(5,6)45(12)40(7,8)24-32/h13-20,31-34,42-43,46-47H,21-28H2,1-12H3. The van der Waals surface area contributed by atoms with E-state index in [0.29, 0.717) is 25.2 Å². The minimum atomic E-state index is -0.584. The van der Waals surface area contributed by atoms with Gasteiger partial charge in [-0.15, -0.1) is 0 Å². The molecule has 4 rings (SSSR count). The molecule has 8 heteroatoms. The molecule has 2 saturated heterocycles. The van der Waals surface area contributed by atoms with E-state index in [-0.39, 0.29) is 40.8 Å². The Morgan fingerprint density at radius 3 is 1.18 bits per heavy atom. The molecule has 0 aromatic heterocycles. The largest absolute Gasteiger partial charge is 0.491 e. The van der Waals surface area contributed by atoms with E-state index in [1.54, 1.807) is 0 Å². The Morgan fingerprint density at radius 2 is 0.898 bits per heavy atom. The zero-order chi connectivity index (χ0) is 36.4. The maximum absolute atomic E-state index is 10.7. The molecule has 0 amide bonds. The highest BCUT2D eigenvalue weighted by Gasteiger charge is 2.44. The van der Waals surface area contributed by atoms with Crippen LogP contribution in [-0.2, 0) is 5.41 Å². The van der Waals surface area contributed by atoms with Crippen LogP contribution in [0.25, 0.3) is 0 Å². The third kappa shape index (κ3) is 9.99. The second-order valence-electron chi connectivity index (χ2n) is 18.0. The van der Waals surface area contributed by atoms with Crippen LogP contribution in [0.15, 0.2) is 48.5 Å². The second kappa shape index (κ2) is 15.2. The smallest absolute Gasteiger partial charge is 0.119 e. The average molecular weight is 681 g/mol. The Morgan fingerprint density at radius 1 is 0.612 bits per heavy atom. The van der Waals surface area contributed by atoms with Crippen molar-refractivity contribution in [1.82, 2.24) is 20.4 Å². The summed E-state index contributed by atoms with van der Waals surface area (Å²) in [6.45, 7) is 24.3. The maximum atomic E-state index is 10.7. The van der Waals surface area contributed by atoms with Crippen molar-refractivity contribution in [1.29, 1.82) is 0 Å². The molecule has 2 aromatic carbocycles. The van der Waals surface area contributed by atoms with E-state index >= 15 is 0 Å². The molecule has 0 saturated carbocycles. The van der Waals surface area contributed by atoms with Crippen molar-refractivity contribution in [3.05, 3.63) is 59.7 Å². The van der Waals surface area contributed by atoms with Crippen molar-refractivity contribution in [2.75, 3.05) is 40.4 Å². The molecule has 49 heavy (non-hydrogen) atoms. The van der Waals surface area contributed by atoms with Gasteiger partial charge < -0.3 is 30.3 Å². The monoisotopic (exact) mass is 681 g/mol. The molecular formula is C41H68N4O4. The van der Waals surface area contributed by atoms with Gasteiger partial charge in [-0.3, -0.25) is 9.80 Å². The van der Waals surface area contributed by atoms with Gasteiger partial charge in [0.1, 0.15) is 36.9 Å². The fraction of sp³-hybridized carbons (Fsp3) is 0.707. The van der Waals surface area contributed by atoms with Crippen LogP contribution in [0.5, 0.6) is 11.5 Å². The molecule has 2 unspecified atom stereocenters. The molecule has 4 N–H and O–H groups in total. The summed E-state index contributed by atoms with van der Waals surface area (Å²) in [5, 5.41) is 28.5. The molecule has 0 bridgehead atoms. The Balaban J connectivity index is 1.21. The van der Waals surface area contributed by atoms with E-state index in [4.69, 9.17) is 9.47 Å². The van der Waals surface area contributed by atoms with E-state index < -0.39 is 12.2 Å². The second-order valence-corrected chi connectivity index (χ2v) is 18.0. The highest BCUT2D eigenvalue weighted by atomic mass is 16.5. The molecule has 2 aliphatic rings.